The molecular formula is C15H27N. The summed E-state index contributed by atoms with van der Waals surface area (Å²) in [5.41, 5.74) is 1.31. The lowest BCUT2D eigenvalue weighted by molar-refractivity contribution is 0.267. The molecule has 0 saturated carbocycles. The normalized spacial score (nSPS) is 30.0. The number of hydrogen-bond donors (Lipinski definition) is 1. The third kappa shape index (κ3) is 4.36. The van der Waals surface area contributed by atoms with E-state index in [1.54, 1.807) is 0 Å². The van der Waals surface area contributed by atoms with Gasteiger partial charge in [0.15, 0.2) is 0 Å². The number of piperidine rings is 1. The standard InChI is InChI=1S/C13H21N.C2H6/c1-5-7-12(6-2)13-9-14-11(4)8-10(13)3;1-2/h5-7,10-11,13-14H,1-2,8-9H2,3-4H3;1-2H3/b12-7+;. The van der Waals surface area contributed by atoms with Crippen molar-refractivity contribution in [3.05, 3.63) is 37.0 Å². The average molecular weight is 221 g/mol. The maximum Gasteiger partial charge on any atom is 0.00417 e. The van der Waals surface area contributed by atoms with Gasteiger partial charge in [0, 0.05) is 12.6 Å². The molecule has 92 valence electrons. The molecule has 0 spiro atoms. The molecule has 0 aliphatic carbocycles. The fourth-order valence-corrected chi connectivity index (χ4v) is 2.26. The number of hydrogen-bond acceptors (Lipinski definition) is 1. The van der Waals surface area contributed by atoms with Crippen molar-refractivity contribution in [3.8, 4) is 0 Å². The molecule has 1 saturated heterocycles. The summed E-state index contributed by atoms with van der Waals surface area (Å²) in [5, 5.41) is 3.51. The lowest BCUT2D eigenvalue weighted by Gasteiger charge is -2.34. The highest BCUT2D eigenvalue weighted by atomic mass is 14.9. The smallest absolute Gasteiger partial charge is 0.00417 e. The second kappa shape index (κ2) is 8.35. The lowest BCUT2D eigenvalue weighted by atomic mass is 9.80. The zero-order chi connectivity index (χ0) is 12.6. The molecule has 1 aliphatic rings. The molecule has 1 heterocycles. The number of nitrogens with one attached hydrogen (secondary N) is 1. The maximum absolute atomic E-state index is 3.86. The van der Waals surface area contributed by atoms with Crippen molar-refractivity contribution in [2.24, 2.45) is 11.8 Å². The first-order valence-corrected chi connectivity index (χ1v) is 6.37. The van der Waals surface area contributed by atoms with Gasteiger partial charge in [-0.2, -0.15) is 0 Å². The van der Waals surface area contributed by atoms with Gasteiger partial charge in [-0.1, -0.05) is 52.2 Å². The van der Waals surface area contributed by atoms with Crippen LogP contribution in [0, 0.1) is 11.8 Å². The highest BCUT2D eigenvalue weighted by molar-refractivity contribution is 5.25. The minimum absolute atomic E-state index is 0.599. The summed E-state index contributed by atoms with van der Waals surface area (Å²) in [6, 6.07) is 0.649. The van der Waals surface area contributed by atoms with Gasteiger partial charge in [-0.25, -0.2) is 0 Å². The van der Waals surface area contributed by atoms with Crippen molar-refractivity contribution in [3.63, 3.8) is 0 Å². The van der Waals surface area contributed by atoms with Crippen molar-refractivity contribution >= 4 is 0 Å². The van der Waals surface area contributed by atoms with Crippen LogP contribution in [0.4, 0.5) is 0 Å². The molecule has 3 unspecified atom stereocenters. The summed E-state index contributed by atoms with van der Waals surface area (Å²) < 4.78 is 0. The molecule has 0 aromatic heterocycles. The molecule has 1 nitrogen and oxygen atoms in total. The Morgan fingerprint density at radius 1 is 1.25 bits per heavy atom. The van der Waals surface area contributed by atoms with E-state index in [9.17, 15) is 0 Å². The number of allylic oxidation sites excluding steroid dienone is 3. The fourth-order valence-electron chi connectivity index (χ4n) is 2.26. The Bertz CT molecular complexity index is 240. The molecule has 1 N–H and O–H groups in total. The van der Waals surface area contributed by atoms with Gasteiger partial charge in [0.25, 0.3) is 0 Å². The molecule has 1 rings (SSSR count). The Hall–Kier alpha value is -0.820. The van der Waals surface area contributed by atoms with Crippen LogP contribution in [0.25, 0.3) is 0 Å². The molecule has 0 amide bonds. The van der Waals surface area contributed by atoms with Gasteiger partial charge < -0.3 is 5.32 Å². The van der Waals surface area contributed by atoms with E-state index in [0.717, 1.165) is 12.5 Å². The summed E-state index contributed by atoms with van der Waals surface area (Å²) in [4.78, 5) is 0. The van der Waals surface area contributed by atoms with E-state index in [0.29, 0.717) is 12.0 Å². The van der Waals surface area contributed by atoms with Crippen molar-refractivity contribution in [1.82, 2.24) is 5.32 Å². The van der Waals surface area contributed by atoms with E-state index in [-0.39, 0.29) is 0 Å². The number of rotatable bonds is 3. The molecule has 16 heavy (non-hydrogen) atoms. The van der Waals surface area contributed by atoms with Crippen molar-refractivity contribution < 1.29 is 0 Å². The van der Waals surface area contributed by atoms with Crippen LogP contribution in [-0.2, 0) is 0 Å². The molecule has 0 aromatic carbocycles. The first kappa shape index (κ1) is 15.2. The summed E-state index contributed by atoms with van der Waals surface area (Å²) in [6.45, 7) is 17.2. The van der Waals surface area contributed by atoms with Gasteiger partial charge in [0.05, 0.1) is 0 Å². The SMILES string of the molecule is C=C/C=C(\C=C)C1CNC(C)CC1C.CC. The largest absolute Gasteiger partial charge is 0.314 e. The fraction of sp³-hybridized carbons (Fsp3) is 0.600. The van der Waals surface area contributed by atoms with Crippen LogP contribution < -0.4 is 5.32 Å². The molecule has 0 aromatic rings. The minimum atomic E-state index is 0.599. The van der Waals surface area contributed by atoms with Crippen molar-refractivity contribution in [1.29, 1.82) is 0 Å². The summed E-state index contributed by atoms with van der Waals surface area (Å²) in [5.74, 6) is 1.33. The van der Waals surface area contributed by atoms with Crippen LogP contribution in [0.15, 0.2) is 37.0 Å². The quantitative estimate of drug-likeness (QED) is 0.712. The third-order valence-corrected chi connectivity index (χ3v) is 3.07. The zero-order valence-corrected chi connectivity index (χ0v) is 11.3. The molecule has 1 aliphatic heterocycles. The van der Waals surface area contributed by atoms with Crippen LogP contribution in [0.3, 0.4) is 0 Å². The Labute approximate surface area is 101 Å². The van der Waals surface area contributed by atoms with E-state index < -0.39 is 0 Å². The van der Waals surface area contributed by atoms with Crippen LogP contribution in [0.2, 0.25) is 0 Å². The Morgan fingerprint density at radius 2 is 1.88 bits per heavy atom. The predicted molar refractivity (Wildman–Crippen MR) is 74.6 cm³/mol. The van der Waals surface area contributed by atoms with Crippen molar-refractivity contribution in [2.45, 2.75) is 40.2 Å². The first-order valence-electron chi connectivity index (χ1n) is 6.37. The summed E-state index contributed by atoms with van der Waals surface area (Å²) >= 11 is 0. The van der Waals surface area contributed by atoms with Crippen LogP contribution in [0.1, 0.15) is 34.1 Å². The van der Waals surface area contributed by atoms with Gasteiger partial charge in [-0.15, -0.1) is 0 Å². The first-order chi connectivity index (χ1) is 7.69. The molecule has 0 radical (unpaired) electrons. The molecular weight excluding hydrogens is 194 g/mol. The van der Waals surface area contributed by atoms with Gasteiger partial charge >= 0.3 is 0 Å². The molecule has 0 bridgehead atoms. The minimum Gasteiger partial charge on any atom is -0.314 e. The van der Waals surface area contributed by atoms with E-state index >= 15 is 0 Å². The van der Waals surface area contributed by atoms with E-state index in [4.69, 9.17) is 0 Å². The predicted octanol–water partition coefficient (Wildman–Crippen LogP) is 3.95. The zero-order valence-electron chi connectivity index (χ0n) is 11.3. The Morgan fingerprint density at radius 3 is 2.31 bits per heavy atom. The second-order valence-corrected chi connectivity index (χ2v) is 4.24. The van der Waals surface area contributed by atoms with Crippen LogP contribution in [0.5, 0.6) is 0 Å². The highest BCUT2D eigenvalue weighted by Gasteiger charge is 2.26. The molecule has 3 atom stereocenters. The van der Waals surface area contributed by atoms with Gasteiger partial charge in [0.1, 0.15) is 0 Å². The average Bonchev–Trinajstić information content (AvgIpc) is 2.29. The highest BCUT2D eigenvalue weighted by Crippen LogP contribution is 2.28. The van der Waals surface area contributed by atoms with E-state index in [2.05, 4.69) is 38.4 Å². The second-order valence-electron chi connectivity index (χ2n) is 4.24. The topological polar surface area (TPSA) is 12.0 Å². The maximum atomic E-state index is 3.86. The van der Waals surface area contributed by atoms with E-state index in [1.165, 1.54) is 12.0 Å². The summed E-state index contributed by atoms with van der Waals surface area (Å²) in [6.07, 6.45) is 7.13. The summed E-state index contributed by atoms with van der Waals surface area (Å²) in [7, 11) is 0. The molecule has 1 fully saturated rings. The Balaban J connectivity index is 0.00000106. The lowest BCUT2D eigenvalue weighted by Crippen LogP contribution is -2.41. The monoisotopic (exact) mass is 221 g/mol. The van der Waals surface area contributed by atoms with Crippen LogP contribution in [-0.4, -0.2) is 12.6 Å². The van der Waals surface area contributed by atoms with E-state index in [1.807, 2.05) is 26.0 Å². The van der Waals surface area contributed by atoms with Crippen molar-refractivity contribution in [2.75, 3.05) is 6.54 Å². The van der Waals surface area contributed by atoms with Gasteiger partial charge in [0.2, 0.25) is 0 Å². The Kier molecular flexibility index (Phi) is 7.92. The third-order valence-electron chi connectivity index (χ3n) is 3.07. The molecule has 1 heteroatoms. The van der Waals surface area contributed by atoms with Gasteiger partial charge in [-0.3, -0.25) is 0 Å². The van der Waals surface area contributed by atoms with Crippen LogP contribution >= 0.6 is 0 Å². The van der Waals surface area contributed by atoms with Gasteiger partial charge in [-0.05, 0) is 30.8 Å².